The van der Waals surface area contributed by atoms with E-state index in [0.29, 0.717) is 30.6 Å². The fourth-order valence-corrected chi connectivity index (χ4v) is 4.08. The van der Waals surface area contributed by atoms with Gasteiger partial charge in [0.2, 0.25) is 5.91 Å². The van der Waals surface area contributed by atoms with Crippen molar-refractivity contribution in [2.75, 3.05) is 13.2 Å². The lowest BCUT2D eigenvalue weighted by Crippen LogP contribution is -2.31. The van der Waals surface area contributed by atoms with E-state index in [1.165, 1.54) is 17.4 Å². The van der Waals surface area contributed by atoms with Crippen LogP contribution in [-0.2, 0) is 16.0 Å². The van der Waals surface area contributed by atoms with Gasteiger partial charge < -0.3 is 10.1 Å². The summed E-state index contributed by atoms with van der Waals surface area (Å²) in [5, 5.41) is 4.94. The number of carbonyl (C=O) groups excluding carboxylic acids is 1. The molecule has 1 atom stereocenters. The Balaban J connectivity index is 1.41. The Bertz CT molecular complexity index is 915. The zero-order valence-corrected chi connectivity index (χ0v) is 15.1. The number of nitrogens with one attached hydrogen (secondary N) is 1. The molecule has 1 saturated heterocycles. The van der Waals surface area contributed by atoms with Crippen LogP contribution in [0.5, 0.6) is 0 Å². The van der Waals surface area contributed by atoms with Gasteiger partial charge in [0, 0.05) is 42.4 Å². The van der Waals surface area contributed by atoms with E-state index in [-0.39, 0.29) is 17.8 Å². The summed E-state index contributed by atoms with van der Waals surface area (Å²) in [4.78, 5) is 17.4. The minimum Gasteiger partial charge on any atom is -0.376 e. The molecule has 1 unspecified atom stereocenters. The molecule has 1 N–H and O–H groups in total. The molecule has 3 aromatic rings. The Hall–Kier alpha value is -2.25. The van der Waals surface area contributed by atoms with Crippen molar-refractivity contribution < 1.29 is 13.9 Å². The minimum absolute atomic E-state index is 0.0225. The molecule has 7 heteroatoms. The first-order valence-electron chi connectivity index (χ1n) is 8.79. The van der Waals surface area contributed by atoms with Crippen LogP contribution in [0, 0.1) is 5.82 Å². The number of amides is 1. The lowest BCUT2D eigenvalue weighted by molar-refractivity contribution is -0.121. The second-order valence-electron chi connectivity index (χ2n) is 6.42. The third kappa shape index (κ3) is 3.64. The van der Waals surface area contributed by atoms with Crippen molar-refractivity contribution in [3.8, 4) is 11.3 Å². The van der Waals surface area contributed by atoms with E-state index in [4.69, 9.17) is 4.74 Å². The quantitative estimate of drug-likeness (QED) is 0.720. The van der Waals surface area contributed by atoms with E-state index < -0.39 is 0 Å². The molecular weight excluding hydrogens is 353 g/mol. The molecule has 1 amide bonds. The van der Waals surface area contributed by atoms with Crippen molar-refractivity contribution in [2.24, 2.45) is 0 Å². The molecule has 1 aliphatic rings. The van der Waals surface area contributed by atoms with Crippen LogP contribution >= 0.6 is 11.3 Å². The van der Waals surface area contributed by atoms with Crippen molar-refractivity contribution in [1.82, 2.24) is 14.7 Å². The summed E-state index contributed by atoms with van der Waals surface area (Å²) >= 11 is 1.50. The van der Waals surface area contributed by atoms with E-state index >= 15 is 0 Å². The number of hydrogen-bond donors (Lipinski definition) is 1. The Kier molecular flexibility index (Phi) is 4.99. The zero-order chi connectivity index (χ0) is 17.9. The Morgan fingerprint density at radius 1 is 1.42 bits per heavy atom. The molecule has 1 aliphatic heterocycles. The summed E-state index contributed by atoms with van der Waals surface area (Å²) in [5.41, 5.74) is 2.11. The van der Waals surface area contributed by atoms with Crippen LogP contribution in [0.3, 0.4) is 0 Å². The number of aryl methyl sites for hydroxylation is 1. The van der Waals surface area contributed by atoms with Gasteiger partial charge in [-0.2, -0.15) is 0 Å². The highest BCUT2D eigenvalue weighted by atomic mass is 32.1. The fourth-order valence-electron chi connectivity index (χ4n) is 3.17. The number of halogens is 1. The maximum atomic E-state index is 14.0. The first-order valence-corrected chi connectivity index (χ1v) is 9.67. The van der Waals surface area contributed by atoms with Gasteiger partial charge in [-0.15, -0.1) is 11.3 Å². The van der Waals surface area contributed by atoms with E-state index in [0.717, 1.165) is 30.1 Å². The summed E-state index contributed by atoms with van der Waals surface area (Å²) in [6.07, 6.45) is 5.10. The third-order valence-electron chi connectivity index (χ3n) is 4.59. The molecule has 2 aromatic heterocycles. The second-order valence-corrected chi connectivity index (χ2v) is 7.26. The van der Waals surface area contributed by atoms with Crippen LogP contribution in [0.1, 0.15) is 25.0 Å². The molecule has 136 valence electrons. The highest BCUT2D eigenvalue weighted by molar-refractivity contribution is 7.15. The molecule has 0 saturated carbocycles. The number of fused-ring (bicyclic) bond motifs is 1. The van der Waals surface area contributed by atoms with E-state index in [9.17, 15) is 9.18 Å². The number of ether oxygens (including phenoxy) is 1. The van der Waals surface area contributed by atoms with E-state index in [1.807, 2.05) is 16.0 Å². The number of rotatable bonds is 6. The van der Waals surface area contributed by atoms with Crippen molar-refractivity contribution >= 4 is 22.2 Å². The van der Waals surface area contributed by atoms with Crippen molar-refractivity contribution in [2.45, 2.75) is 31.8 Å². The van der Waals surface area contributed by atoms with Gasteiger partial charge in [-0.05, 0) is 31.4 Å². The Morgan fingerprint density at radius 3 is 3.12 bits per heavy atom. The van der Waals surface area contributed by atoms with Crippen molar-refractivity contribution in [3.05, 3.63) is 47.4 Å². The largest absolute Gasteiger partial charge is 0.376 e. The summed E-state index contributed by atoms with van der Waals surface area (Å²) in [6, 6.07) is 6.62. The summed E-state index contributed by atoms with van der Waals surface area (Å²) in [7, 11) is 0. The van der Waals surface area contributed by atoms with Gasteiger partial charge in [0.25, 0.3) is 0 Å². The van der Waals surface area contributed by atoms with Crippen LogP contribution in [-0.4, -0.2) is 34.5 Å². The number of imidazole rings is 1. The molecule has 4 rings (SSSR count). The molecule has 0 radical (unpaired) electrons. The van der Waals surface area contributed by atoms with Gasteiger partial charge >= 0.3 is 0 Å². The topological polar surface area (TPSA) is 55.6 Å². The number of carbonyl (C=O) groups is 1. The first kappa shape index (κ1) is 17.2. The van der Waals surface area contributed by atoms with Crippen molar-refractivity contribution in [1.29, 1.82) is 0 Å². The maximum Gasteiger partial charge on any atom is 0.220 e. The van der Waals surface area contributed by atoms with Crippen LogP contribution in [0.15, 0.2) is 35.8 Å². The zero-order valence-electron chi connectivity index (χ0n) is 14.3. The number of thiazole rings is 1. The molecule has 5 nitrogen and oxygen atoms in total. The minimum atomic E-state index is -0.284. The summed E-state index contributed by atoms with van der Waals surface area (Å²) < 4.78 is 21.4. The highest BCUT2D eigenvalue weighted by Crippen LogP contribution is 2.26. The molecule has 1 fully saturated rings. The van der Waals surface area contributed by atoms with Gasteiger partial charge in [-0.3, -0.25) is 9.20 Å². The molecule has 26 heavy (non-hydrogen) atoms. The second kappa shape index (κ2) is 7.55. The van der Waals surface area contributed by atoms with Crippen LogP contribution < -0.4 is 5.32 Å². The molecule has 0 aliphatic carbocycles. The first-order chi connectivity index (χ1) is 12.7. The molecule has 1 aromatic carbocycles. The fraction of sp³-hybridized carbons (Fsp3) is 0.368. The molecule has 0 bridgehead atoms. The Labute approximate surface area is 154 Å². The average Bonchev–Trinajstić information content (AvgIpc) is 3.36. The smallest absolute Gasteiger partial charge is 0.220 e. The highest BCUT2D eigenvalue weighted by Gasteiger charge is 2.17. The lowest BCUT2D eigenvalue weighted by Gasteiger charge is -2.10. The van der Waals surface area contributed by atoms with Gasteiger partial charge in [0.15, 0.2) is 4.96 Å². The number of benzene rings is 1. The predicted molar refractivity (Wildman–Crippen MR) is 98.8 cm³/mol. The van der Waals surface area contributed by atoms with E-state index in [1.54, 1.807) is 18.2 Å². The summed E-state index contributed by atoms with van der Waals surface area (Å²) in [6.45, 7) is 1.37. The maximum absolute atomic E-state index is 14.0. The SMILES string of the molecule is O=C(CCc1csc2nc(-c3ccccc3F)cn12)NCC1CCCO1. The normalized spacial score (nSPS) is 17.0. The number of nitrogens with zero attached hydrogens (tertiary/aromatic N) is 2. The van der Waals surface area contributed by atoms with E-state index in [2.05, 4.69) is 10.3 Å². The number of aromatic nitrogens is 2. The molecule has 0 spiro atoms. The Morgan fingerprint density at radius 2 is 2.31 bits per heavy atom. The van der Waals surface area contributed by atoms with Crippen LogP contribution in [0.4, 0.5) is 4.39 Å². The van der Waals surface area contributed by atoms with Gasteiger partial charge in [0.05, 0.1) is 11.8 Å². The average molecular weight is 373 g/mol. The van der Waals surface area contributed by atoms with Gasteiger partial charge in [0.1, 0.15) is 5.82 Å². The van der Waals surface area contributed by atoms with Crippen molar-refractivity contribution in [3.63, 3.8) is 0 Å². The van der Waals surface area contributed by atoms with Gasteiger partial charge in [-0.25, -0.2) is 9.37 Å². The predicted octanol–water partition coefficient (Wildman–Crippen LogP) is 3.43. The van der Waals surface area contributed by atoms with Crippen LogP contribution in [0.25, 0.3) is 16.2 Å². The van der Waals surface area contributed by atoms with Gasteiger partial charge in [-0.1, -0.05) is 12.1 Å². The van der Waals surface area contributed by atoms with Crippen LogP contribution in [0.2, 0.25) is 0 Å². The third-order valence-corrected chi connectivity index (χ3v) is 5.48. The molecular formula is C19H20FN3O2S. The summed E-state index contributed by atoms with van der Waals surface area (Å²) in [5.74, 6) is -0.261. The molecule has 3 heterocycles. The standard InChI is InChI=1S/C19H20FN3O2S/c20-16-6-2-1-5-15(16)17-11-23-13(12-26-19(23)22-17)7-8-18(24)21-10-14-4-3-9-25-14/h1-2,5-6,11-12,14H,3-4,7-10H2,(H,21,24). The number of hydrogen-bond acceptors (Lipinski definition) is 4. The lowest BCUT2D eigenvalue weighted by atomic mass is 10.1. The monoisotopic (exact) mass is 373 g/mol.